The fraction of sp³-hybridized carbons (Fsp3) is 0.350. The van der Waals surface area contributed by atoms with Crippen molar-refractivity contribution in [3.8, 4) is 0 Å². The van der Waals surface area contributed by atoms with Crippen LogP contribution in [0.5, 0.6) is 0 Å². The standard InChI is InChI=1S/C20H21BrN2O5/c1-5-23-14-8-7-12(21)9-13(14)20(19(23)26)15(10(3)24)11(4)28-17(22)16(20)18(25)27-6-2/h7-9H,5-6,22H2,1-4H3. The number of ketones is 1. The zero-order valence-corrected chi connectivity index (χ0v) is 17.7. The van der Waals surface area contributed by atoms with Gasteiger partial charge < -0.3 is 20.1 Å². The van der Waals surface area contributed by atoms with Gasteiger partial charge in [0.2, 0.25) is 11.8 Å². The molecule has 1 aromatic rings. The lowest BCUT2D eigenvalue weighted by atomic mass is 9.66. The van der Waals surface area contributed by atoms with Crippen molar-refractivity contribution < 1.29 is 23.9 Å². The minimum absolute atomic E-state index is 0.0841. The molecule has 0 fully saturated rings. The first-order valence-corrected chi connectivity index (χ1v) is 9.70. The molecule has 1 unspecified atom stereocenters. The molecule has 0 radical (unpaired) electrons. The van der Waals surface area contributed by atoms with Gasteiger partial charge in [0, 0.05) is 22.3 Å². The summed E-state index contributed by atoms with van der Waals surface area (Å²) in [7, 11) is 0. The lowest BCUT2D eigenvalue weighted by Gasteiger charge is -2.36. The van der Waals surface area contributed by atoms with Crippen LogP contribution in [0.4, 0.5) is 5.69 Å². The molecule has 1 aromatic carbocycles. The first kappa shape index (κ1) is 20.1. The Morgan fingerprint density at radius 2 is 1.96 bits per heavy atom. The minimum Gasteiger partial charge on any atom is -0.462 e. The molecule has 0 bridgehead atoms. The second-order valence-corrected chi connectivity index (χ2v) is 7.43. The minimum atomic E-state index is -1.71. The summed E-state index contributed by atoms with van der Waals surface area (Å²) in [6.07, 6.45) is 0. The molecule has 0 saturated carbocycles. The van der Waals surface area contributed by atoms with E-state index in [1.807, 2.05) is 6.92 Å². The van der Waals surface area contributed by atoms with E-state index in [9.17, 15) is 14.4 Å². The highest BCUT2D eigenvalue weighted by Gasteiger charge is 2.62. The van der Waals surface area contributed by atoms with E-state index in [0.717, 1.165) is 0 Å². The van der Waals surface area contributed by atoms with E-state index in [1.165, 1.54) is 11.8 Å². The van der Waals surface area contributed by atoms with E-state index in [2.05, 4.69) is 15.9 Å². The Balaban J connectivity index is 2.48. The number of hydrogen-bond donors (Lipinski definition) is 1. The van der Waals surface area contributed by atoms with Gasteiger partial charge >= 0.3 is 5.97 Å². The van der Waals surface area contributed by atoms with Crippen LogP contribution in [0.2, 0.25) is 0 Å². The number of likely N-dealkylation sites (N-methyl/N-ethyl adjacent to an activating group) is 1. The SMILES string of the molecule is CCOC(=O)C1=C(N)OC(C)=C(C(C)=O)C12C(=O)N(CC)c1ccc(Br)cc12. The van der Waals surface area contributed by atoms with Gasteiger partial charge in [0.1, 0.15) is 16.7 Å². The van der Waals surface area contributed by atoms with Gasteiger partial charge in [-0.1, -0.05) is 15.9 Å². The summed E-state index contributed by atoms with van der Waals surface area (Å²) in [5.41, 5.74) is 5.41. The van der Waals surface area contributed by atoms with Crippen LogP contribution in [0.15, 0.2) is 45.5 Å². The predicted octanol–water partition coefficient (Wildman–Crippen LogP) is 2.68. The summed E-state index contributed by atoms with van der Waals surface area (Å²) in [6, 6.07) is 5.31. The number of amides is 1. The molecule has 0 saturated heterocycles. The number of Topliss-reactive ketones (excluding diaryl/α,β-unsaturated/α-hetero) is 1. The smallest absolute Gasteiger partial charge is 0.341 e. The Kier molecular flexibility index (Phi) is 5.10. The van der Waals surface area contributed by atoms with Crippen molar-refractivity contribution >= 4 is 39.3 Å². The molecule has 1 spiro atoms. The molecule has 2 aliphatic heterocycles. The molecule has 1 amide bonds. The molecule has 1 atom stereocenters. The molecular weight excluding hydrogens is 428 g/mol. The molecule has 0 aliphatic carbocycles. The van der Waals surface area contributed by atoms with Crippen molar-refractivity contribution in [2.24, 2.45) is 5.73 Å². The summed E-state index contributed by atoms with van der Waals surface area (Å²) in [5, 5.41) is 0. The first-order valence-electron chi connectivity index (χ1n) is 8.91. The molecular formula is C20H21BrN2O5. The van der Waals surface area contributed by atoms with E-state index in [1.54, 1.807) is 32.0 Å². The van der Waals surface area contributed by atoms with Crippen LogP contribution in [-0.4, -0.2) is 30.8 Å². The number of nitrogens with zero attached hydrogens (tertiary/aromatic N) is 1. The van der Waals surface area contributed by atoms with Crippen molar-refractivity contribution in [3.63, 3.8) is 0 Å². The number of halogens is 1. The number of carbonyl (C=O) groups excluding carboxylic acids is 3. The van der Waals surface area contributed by atoms with E-state index in [-0.39, 0.29) is 35.2 Å². The number of fused-ring (bicyclic) bond motifs is 2. The van der Waals surface area contributed by atoms with Gasteiger partial charge in [-0.05, 0) is 45.9 Å². The zero-order valence-electron chi connectivity index (χ0n) is 16.1. The van der Waals surface area contributed by atoms with Crippen LogP contribution in [0.25, 0.3) is 0 Å². The second-order valence-electron chi connectivity index (χ2n) is 6.51. The molecule has 2 heterocycles. The van der Waals surface area contributed by atoms with Gasteiger partial charge in [-0.15, -0.1) is 0 Å². The number of ether oxygens (including phenoxy) is 2. The predicted molar refractivity (Wildman–Crippen MR) is 106 cm³/mol. The average molecular weight is 449 g/mol. The van der Waals surface area contributed by atoms with E-state index in [0.29, 0.717) is 22.3 Å². The van der Waals surface area contributed by atoms with Crippen LogP contribution in [0.1, 0.15) is 33.3 Å². The zero-order chi connectivity index (χ0) is 20.8. The largest absolute Gasteiger partial charge is 0.462 e. The maximum absolute atomic E-state index is 13.8. The van der Waals surface area contributed by atoms with Crippen molar-refractivity contribution in [1.82, 2.24) is 0 Å². The number of rotatable bonds is 4. The maximum Gasteiger partial charge on any atom is 0.341 e. The summed E-state index contributed by atoms with van der Waals surface area (Å²) >= 11 is 3.43. The second kappa shape index (κ2) is 7.09. The summed E-state index contributed by atoms with van der Waals surface area (Å²) in [4.78, 5) is 40.9. The number of benzene rings is 1. The number of nitrogens with two attached hydrogens (primary N) is 1. The lowest BCUT2D eigenvalue weighted by Crippen LogP contribution is -2.50. The van der Waals surface area contributed by atoms with Crippen molar-refractivity contribution in [2.75, 3.05) is 18.1 Å². The van der Waals surface area contributed by atoms with Gasteiger partial charge in [-0.3, -0.25) is 9.59 Å². The third kappa shape index (κ3) is 2.58. The average Bonchev–Trinajstić information content (AvgIpc) is 2.83. The lowest BCUT2D eigenvalue weighted by molar-refractivity contribution is -0.141. The van der Waals surface area contributed by atoms with E-state index in [4.69, 9.17) is 15.2 Å². The third-order valence-electron chi connectivity index (χ3n) is 4.98. The highest BCUT2D eigenvalue weighted by molar-refractivity contribution is 9.10. The fourth-order valence-corrected chi connectivity index (χ4v) is 4.44. The molecule has 28 heavy (non-hydrogen) atoms. The summed E-state index contributed by atoms with van der Waals surface area (Å²) in [5.74, 6) is -1.65. The molecule has 8 heteroatoms. The number of esters is 1. The summed E-state index contributed by atoms with van der Waals surface area (Å²) in [6.45, 7) is 6.82. The highest BCUT2D eigenvalue weighted by Crippen LogP contribution is 2.54. The van der Waals surface area contributed by atoms with Gasteiger partial charge in [0.05, 0.1) is 12.2 Å². The van der Waals surface area contributed by atoms with Crippen molar-refractivity contribution in [1.29, 1.82) is 0 Å². The maximum atomic E-state index is 13.8. The van der Waals surface area contributed by atoms with Crippen LogP contribution >= 0.6 is 15.9 Å². The van der Waals surface area contributed by atoms with Crippen molar-refractivity contribution in [2.45, 2.75) is 33.1 Å². The Hall–Kier alpha value is -2.61. The number of hydrogen-bond acceptors (Lipinski definition) is 6. The van der Waals surface area contributed by atoms with E-state index < -0.39 is 17.3 Å². The first-order chi connectivity index (χ1) is 13.2. The Labute approximate surface area is 171 Å². The Bertz CT molecular complexity index is 965. The Morgan fingerprint density at radius 1 is 1.29 bits per heavy atom. The van der Waals surface area contributed by atoms with Gasteiger partial charge in [0.25, 0.3) is 0 Å². The van der Waals surface area contributed by atoms with E-state index >= 15 is 0 Å². The number of anilines is 1. The van der Waals surface area contributed by atoms with Crippen LogP contribution in [0.3, 0.4) is 0 Å². The van der Waals surface area contributed by atoms with Gasteiger partial charge in [-0.25, -0.2) is 4.79 Å². The normalized spacial score (nSPS) is 21.2. The van der Waals surface area contributed by atoms with Crippen LogP contribution in [0, 0.1) is 0 Å². The monoisotopic (exact) mass is 448 g/mol. The topological polar surface area (TPSA) is 98.9 Å². The van der Waals surface area contributed by atoms with Crippen LogP contribution in [-0.2, 0) is 29.3 Å². The molecule has 2 N–H and O–H groups in total. The molecule has 2 aliphatic rings. The quantitative estimate of drug-likeness (QED) is 0.710. The van der Waals surface area contributed by atoms with Gasteiger partial charge in [0.15, 0.2) is 5.78 Å². The molecule has 148 valence electrons. The molecule has 3 rings (SSSR count). The Morgan fingerprint density at radius 3 is 2.54 bits per heavy atom. The number of carbonyl (C=O) groups is 3. The highest BCUT2D eigenvalue weighted by atomic mass is 79.9. The third-order valence-corrected chi connectivity index (χ3v) is 5.47. The number of allylic oxidation sites excluding steroid dienone is 1. The van der Waals surface area contributed by atoms with Crippen LogP contribution < -0.4 is 10.6 Å². The summed E-state index contributed by atoms with van der Waals surface area (Å²) < 4.78 is 11.4. The van der Waals surface area contributed by atoms with Gasteiger partial charge in [-0.2, -0.15) is 0 Å². The fourth-order valence-electron chi connectivity index (χ4n) is 4.08. The van der Waals surface area contributed by atoms with Crippen molar-refractivity contribution in [3.05, 3.63) is 51.0 Å². The molecule has 7 nitrogen and oxygen atoms in total. The molecule has 0 aromatic heterocycles.